The Hall–Kier alpha value is -3.79. The molecule has 2 aromatic carbocycles. The van der Waals surface area contributed by atoms with E-state index in [1.54, 1.807) is 17.3 Å². The Labute approximate surface area is 233 Å². The van der Waals surface area contributed by atoms with Gasteiger partial charge in [0.15, 0.2) is 5.83 Å². The number of carbonyl (C=O) groups is 2. The number of imidazole rings is 1. The van der Waals surface area contributed by atoms with Crippen LogP contribution < -0.4 is 0 Å². The van der Waals surface area contributed by atoms with E-state index in [0.717, 1.165) is 32.6 Å². The summed E-state index contributed by atoms with van der Waals surface area (Å²) in [6.45, 7) is 8.41. The summed E-state index contributed by atoms with van der Waals surface area (Å²) in [5.41, 5.74) is 6.76. The number of fused-ring (bicyclic) bond motifs is 1. The largest absolute Gasteiger partial charge is 0.344 e. The van der Waals surface area contributed by atoms with E-state index in [4.69, 9.17) is 5.10 Å². The second kappa shape index (κ2) is 9.75. The van der Waals surface area contributed by atoms with E-state index in [1.807, 2.05) is 10.7 Å². The summed E-state index contributed by atoms with van der Waals surface area (Å²) in [4.78, 5) is 37.5. The third-order valence-electron chi connectivity index (χ3n) is 7.75. The van der Waals surface area contributed by atoms with Gasteiger partial charge in [0.2, 0.25) is 0 Å². The molecule has 4 heterocycles. The number of carbonyl (C=O) groups excluding carboxylic acids is 2. The number of H-pyrrole nitrogens is 1. The minimum absolute atomic E-state index is 0.158. The number of aromatic amines is 1. The zero-order valence-electron chi connectivity index (χ0n) is 21.7. The Kier molecular flexibility index (Phi) is 6.37. The van der Waals surface area contributed by atoms with Gasteiger partial charge in [0, 0.05) is 42.5 Å². The van der Waals surface area contributed by atoms with Crippen molar-refractivity contribution in [3.8, 4) is 5.69 Å². The van der Waals surface area contributed by atoms with Crippen LogP contribution in [0.1, 0.15) is 58.7 Å². The maximum atomic E-state index is 14.1. The molecule has 0 aliphatic carbocycles. The first-order valence-electron chi connectivity index (χ1n) is 13.0. The summed E-state index contributed by atoms with van der Waals surface area (Å²) in [5.74, 6) is -1.53. The maximum absolute atomic E-state index is 14.1. The minimum Gasteiger partial charge on any atom is -0.344 e. The average Bonchev–Trinajstić information content (AvgIpc) is 3.52. The molecule has 0 radical (unpaired) electrons. The summed E-state index contributed by atoms with van der Waals surface area (Å²) in [5, 5.41) is 4.98. The number of nitrogens with zero attached hydrogens (tertiary/aromatic N) is 5. The molecule has 1 atom stereocenters. The molecule has 1 N–H and O–H groups in total. The first-order valence-corrected chi connectivity index (χ1v) is 13.8. The van der Waals surface area contributed by atoms with E-state index in [0.29, 0.717) is 36.4 Å². The van der Waals surface area contributed by atoms with Crippen LogP contribution in [0.4, 0.5) is 4.39 Å². The highest BCUT2D eigenvalue weighted by Crippen LogP contribution is 2.38. The van der Waals surface area contributed by atoms with Crippen molar-refractivity contribution in [3.05, 3.63) is 87.7 Å². The van der Waals surface area contributed by atoms with Gasteiger partial charge in [-0.15, -0.1) is 0 Å². The van der Waals surface area contributed by atoms with Crippen molar-refractivity contribution in [1.29, 1.82) is 0 Å². The SMILES string of the molecule is C=C(F)C(=O)N1CCc2nn(-c3ccc(C(C)C)cc3)c3c2C(C1)N(C(=O)c1ccc(Br)c2[nH]cnc12)CC3. The summed E-state index contributed by atoms with van der Waals surface area (Å²) >= 11 is 3.51. The molecule has 0 saturated carbocycles. The number of halogens is 2. The fraction of sp³-hybridized carbons (Fsp3) is 0.310. The molecule has 8 nitrogen and oxygen atoms in total. The van der Waals surface area contributed by atoms with Gasteiger partial charge in [-0.1, -0.05) is 32.6 Å². The Morgan fingerprint density at radius 3 is 2.62 bits per heavy atom. The van der Waals surface area contributed by atoms with Crippen LogP contribution in [0, 0.1) is 0 Å². The monoisotopic (exact) mass is 590 g/mol. The number of nitrogens with one attached hydrogen (secondary N) is 1. The predicted octanol–water partition coefficient (Wildman–Crippen LogP) is 5.24. The van der Waals surface area contributed by atoms with E-state index in [1.165, 1.54) is 10.5 Å². The Morgan fingerprint density at radius 1 is 1.13 bits per heavy atom. The van der Waals surface area contributed by atoms with Crippen LogP contribution in [-0.2, 0) is 17.6 Å². The van der Waals surface area contributed by atoms with E-state index in [9.17, 15) is 14.0 Å². The van der Waals surface area contributed by atoms with Crippen molar-refractivity contribution >= 4 is 38.8 Å². The van der Waals surface area contributed by atoms with Gasteiger partial charge in [-0.3, -0.25) is 9.59 Å². The summed E-state index contributed by atoms with van der Waals surface area (Å²) < 4.78 is 16.7. The molecule has 10 heteroatoms. The van der Waals surface area contributed by atoms with Gasteiger partial charge >= 0.3 is 0 Å². The van der Waals surface area contributed by atoms with Gasteiger partial charge < -0.3 is 14.8 Å². The molecule has 1 unspecified atom stereocenters. The number of hydrogen-bond acceptors (Lipinski definition) is 4. The molecule has 2 amide bonds. The highest BCUT2D eigenvalue weighted by molar-refractivity contribution is 9.10. The Morgan fingerprint density at radius 2 is 1.90 bits per heavy atom. The number of rotatable bonds is 4. The van der Waals surface area contributed by atoms with Gasteiger partial charge in [0.1, 0.15) is 5.52 Å². The third kappa shape index (κ3) is 4.27. The van der Waals surface area contributed by atoms with Crippen LogP contribution in [0.2, 0.25) is 0 Å². The Balaban J connectivity index is 1.44. The lowest BCUT2D eigenvalue weighted by molar-refractivity contribution is -0.129. The molecule has 4 aromatic rings. The zero-order valence-corrected chi connectivity index (χ0v) is 23.3. The highest BCUT2D eigenvalue weighted by Gasteiger charge is 2.41. The van der Waals surface area contributed by atoms with Gasteiger partial charge in [-0.2, -0.15) is 5.10 Å². The van der Waals surface area contributed by atoms with Crippen LogP contribution in [0.15, 0.2) is 59.6 Å². The molecule has 200 valence electrons. The lowest BCUT2D eigenvalue weighted by Gasteiger charge is -2.38. The molecular weight excluding hydrogens is 563 g/mol. The number of benzene rings is 2. The number of aromatic nitrogens is 4. The molecule has 0 spiro atoms. The molecule has 2 aromatic heterocycles. The Bertz CT molecular complexity index is 1620. The first kappa shape index (κ1) is 25.5. The van der Waals surface area contributed by atoms with Crippen LogP contribution >= 0.6 is 15.9 Å². The van der Waals surface area contributed by atoms with Crippen molar-refractivity contribution in [3.63, 3.8) is 0 Å². The minimum atomic E-state index is -1.01. The van der Waals surface area contributed by atoms with Crippen LogP contribution in [0.3, 0.4) is 0 Å². The van der Waals surface area contributed by atoms with Gasteiger partial charge in [0.25, 0.3) is 11.8 Å². The predicted molar refractivity (Wildman–Crippen MR) is 149 cm³/mol. The molecule has 6 rings (SSSR count). The normalized spacial score (nSPS) is 16.9. The van der Waals surface area contributed by atoms with Crippen LogP contribution in [0.5, 0.6) is 0 Å². The van der Waals surface area contributed by atoms with E-state index in [2.05, 4.69) is 70.6 Å². The molecule has 0 bridgehead atoms. The number of amides is 2. The first-order chi connectivity index (χ1) is 18.7. The van der Waals surface area contributed by atoms with Gasteiger partial charge in [-0.25, -0.2) is 14.1 Å². The van der Waals surface area contributed by atoms with E-state index in [-0.39, 0.29) is 19.0 Å². The maximum Gasteiger partial charge on any atom is 0.282 e. The van der Waals surface area contributed by atoms with Crippen molar-refractivity contribution in [2.75, 3.05) is 19.6 Å². The molecule has 0 fully saturated rings. The standard InChI is InChI=1S/C29H28BrFN6O2/c1-16(2)18-4-6-19(7-5-18)37-23-11-13-36(29(39)20-8-9-21(30)27-26(20)32-15-33-27)24-14-35(28(38)17(3)31)12-10-22(34-37)25(23)24/h4-9,15-16,24H,3,10-14H2,1-2H3,(H,32,33). The van der Waals surface area contributed by atoms with E-state index >= 15 is 0 Å². The summed E-state index contributed by atoms with van der Waals surface area (Å²) in [7, 11) is 0. The molecule has 2 aliphatic rings. The molecule has 39 heavy (non-hydrogen) atoms. The van der Waals surface area contributed by atoms with Crippen molar-refractivity contribution in [2.24, 2.45) is 0 Å². The van der Waals surface area contributed by atoms with Crippen molar-refractivity contribution in [1.82, 2.24) is 29.5 Å². The molecule has 0 saturated heterocycles. The average molecular weight is 591 g/mol. The van der Waals surface area contributed by atoms with E-state index < -0.39 is 17.8 Å². The van der Waals surface area contributed by atoms with Crippen LogP contribution in [0.25, 0.3) is 16.7 Å². The number of hydrogen-bond donors (Lipinski definition) is 1. The van der Waals surface area contributed by atoms with Crippen LogP contribution in [-0.4, -0.2) is 61.0 Å². The zero-order chi connectivity index (χ0) is 27.4. The molecule has 2 aliphatic heterocycles. The van der Waals surface area contributed by atoms with Gasteiger partial charge in [0.05, 0.1) is 40.5 Å². The molecular formula is C29H28BrFN6O2. The lowest BCUT2D eigenvalue weighted by Crippen LogP contribution is -2.46. The lowest BCUT2D eigenvalue weighted by atomic mass is 9.94. The summed E-state index contributed by atoms with van der Waals surface area (Å²) in [6, 6.07) is 11.5. The summed E-state index contributed by atoms with van der Waals surface area (Å²) in [6.07, 6.45) is 2.62. The fourth-order valence-electron chi connectivity index (χ4n) is 5.73. The second-order valence-electron chi connectivity index (χ2n) is 10.4. The topological polar surface area (TPSA) is 87.1 Å². The smallest absolute Gasteiger partial charge is 0.282 e. The third-order valence-corrected chi connectivity index (χ3v) is 8.41. The quantitative estimate of drug-likeness (QED) is 0.329. The van der Waals surface area contributed by atoms with Gasteiger partial charge in [-0.05, 0) is 51.7 Å². The highest BCUT2D eigenvalue weighted by atomic mass is 79.9. The van der Waals surface area contributed by atoms with Crippen molar-refractivity contribution in [2.45, 2.75) is 38.6 Å². The fourth-order valence-corrected chi connectivity index (χ4v) is 6.17. The van der Waals surface area contributed by atoms with Crippen molar-refractivity contribution < 1.29 is 14.0 Å². The second-order valence-corrected chi connectivity index (χ2v) is 11.2.